The normalized spacial score (nSPS) is 24.5. The lowest BCUT2D eigenvalue weighted by Gasteiger charge is -2.23. The van der Waals surface area contributed by atoms with Crippen molar-refractivity contribution in [1.82, 2.24) is 4.90 Å². The predicted octanol–water partition coefficient (Wildman–Crippen LogP) is 1.70. The summed E-state index contributed by atoms with van der Waals surface area (Å²) in [4.78, 5) is 14.5. The molecule has 0 bridgehead atoms. The molecule has 1 amide bonds. The van der Waals surface area contributed by atoms with Crippen LogP contribution in [0.5, 0.6) is 0 Å². The standard InChI is InChI=1S/C14H18N2O.ClH/c15-12-6-9-16(10-12)13(17)14(7-8-14)11-4-2-1-3-5-11;/h1-5,12H,6-10,15H2;1H/t12-;/m0./s1. The smallest absolute Gasteiger partial charge is 0.233 e. The SMILES string of the molecule is Cl.N[C@H]1CCN(C(=O)C2(c3ccccc3)CC2)C1. The molecule has 3 rings (SSSR count). The Kier molecular flexibility index (Phi) is 3.64. The van der Waals surface area contributed by atoms with Crippen LogP contribution in [0.25, 0.3) is 0 Å². The van der Waals surface area contributed by atoms with Crippen LogP contribution in [-0.4, -0.2) is 29.9 Å². The highest BCUT2D eigenvalue weighted by molar-refractivity contribution is 5.91. The second kappa shape index (κ2) is 4.90. The van der Waals surface area contributed by atoms with Crippen molar-refractivity contribution in [3.05, 3.63) is 35.9 Å². The summed E-state index contributed by atoms with van der Waals surface area (Å²) in [7, 11) is 0. The minimum atomic E-state index is -0.217. The Morgan fingerprint density at radius 2 is 1.94 bits per heavy atom. The molecule has 1 saturated heterocycles. The molecule has 0 spiro atoms. The van der Waals surface area contributed by atoms with Gasteiger partial charge in [-0.2, -0.15) is 0 Å². The van der Waals surface area contributed by atoms with Crippen molar-refractivity contribution in [3.8, 4) is 0 Å². The molecule has 2 fully saturated rings. The van der Waals surface area contributed by atoms with Gasteiger partial charge in [-0.15, -0.1) is 12.4 Å². The number of carbonyl (C=O) groups excluding carboxylic acids is 1. The molecule has 1 aliphatic carbocycles. The number of benzene rings is 1. The number of likely N-dealkylation sites (tertiary alicyclic amines) is 1. The van der Waals surface area contributed by atoms with Gasteiger partial charge >= 0.3 is 0 Å². The van der Waals surface area contributed by atoms with Crippen molar-refractivity contribution in [2.24, 2.45) is 5.73 Å². The molecule has 3 nitrogen and oxygen atoms in total. The predicted molar refractivity (Wildman–Crippen MR) is 73.8 cm³/mol. The van der Waals surface area contributed by atoms with E-state index in [1.165, 1.54) is 5.56 Å². The number of hydrogen-bond acceptors (Lipinski definition) is 2. The van der Waals surface area contributed by atoms with Crippen LogP contribution in [0.15, 0.2) is 30.3 Å². The Bertz CT molecular complexity index is 431. The van der Waals surface area contributed by atoms with Crippen molar-refractivity contribution in [2.45, 2.75) is 30.7 Å². The molecule has 98 valence electrons. The number of amides is 1. The van der Waals surface area contributed by atoms with Gasteiger partial charge in [0.15, 0.2) is 0 Å². The van der Waals surface area contributed by atoms with Gasteiger partial charge < -0.3 is 10.6 Å². The maximum atomic E-state index is 12.5. The first kappa shape index (κ1) is 13.4. The fraction of sp³-hybridized carbons (Fsp3) is 0.500. The van der Waals surface area contributed by atoms with Gasteiger partial charge in [-0.3, -0.25) is 4.79 Å². The zero-order valence-corrected chi connectivity index (χ0v) is 11.2. The van der Waals surface area contributed by atoms with Crippen molar-refractivity contribution in [3.63, 3.8) is 0 Å². The average molecular weight is 267 g/mol. The van der Waals surface area contributed by atoms with E-state index in [9.17, 15) is 4.79 Å². The summed E-state index contributed by atoms with van der Waals surface area (Å²) in [5.41, 5.74) is 6.83. The fourth-order valence-corrected chi connectivity index (χ4v) is 2.78. The number of nitrogens with two attached hydrogens (primary N) is 1. The highest BCUT2D eigenvalue weighted by Crippen LogP contribution is 2.49. The third-order valence-electron chi connectivity index (χ3n) is 4.00. The first-order valence-corrected chi connectivity index (χ1v) is 6.33. The molecule has 0 aromatic heterocycles. The molecule has 1 aliphatic heterocycles. The minimum Gasteiger partial charge on any atom is -0.340 e. The monoisotopic (exact) mass is 266 g/mol. The van der Waals surface area contributed by atoms with E-state index in [-0.39, 0.29) is 29.8 Å². The Labute approximate surface area is 114 Å². The summed E-state index contributed by atoms with van der Waals surface area (Å²) >= 11 is 0. The van der Waals surface area contributed by atoms with Crippen molar-refractivity contribution < 1.29 is 4.79 Å². The van der Waals surface area contributed by atoms with Gasteiger partial charge in [0.1, 0.15) is 0 Å². The fourth-order valence-electron chi connectivity index (χ4n) is 2.78. The van der Waals surface area contributed by atoms with Crippen LogP contribution in [-0.2, 0) is 10.2 Å². The first-order valence-electron chi connectivity index (χ1n) is 6.33. The van der Waals surface area contributed by atoms with E-state index in [4.69, 9.17) is 5.73 Å². The molecule has 1 aromatic rings. The molecule has 2 N–H and O–H groups in total. The molecule has 1 aromatic carbocycles. The molecule has 0 unspecified atom stereocenters. The van der Waals surface area contributed by atoms with Crippen LogP contribution in [0.1, 0.15) is 24.8 Å². The quantitative estimate of drug-likeness (QED) is 0.886. The summed E-state index contributed by atoms with van der Waals surface area (Å²) < 4.78 is 0. The second-order valence-electron chi connectivity index (χ2n) is 5.25. The summed E-state index contributed by atoms with van der Waals surface area (Å²) in [5, 5.41) is 0. The van der Waals surface area contributed by atoms with E-state index in [1.54, 1.807) is 0 Å². The van der Waals surface area contributed by atoms with E-state index < -0.39 is 0 Å². The van der Waals surface area contributed by atoms with Crippen LogP contribution in [0.4, 0.5) is 0 Å². The lowest BCUT2D eigenvalue weighted by molar-refractivity contribution is -0.132. The van der Waals surface area contributed by atoms with E-state index in [0.717, 1.165) is 32.4 Å². The zero-order chi connectivity index (χ0) is 11.9. The molecule has 0 radical (unpaired) electrons. The topological polar surface area (TPSA) is 46.3 Å². The molecule has 2 aliphatic rings. The number of rotatable bonds is 2. The zero-order valence-electron chi connectivity index (χ0n) is 10.3. The largest absolute Gasteiger partial charge is 0.340 e. The van der Waals surface area contributed by atoms with E-state index >= 15 is 0 Å². The van der Waals surface area contributed by atoms with Crippen LogP contribution >= 0.6 is 12.4 Å². The maximum absolute atomic E-state index is 12.5. The number of carbonyl (C=O) groups is 1. The Morgan fingerprint density at radius 3 is 2.44 bits per heavy atom. The van der Waals surface area contributed by atoms with E-state index in [0.29, 0.717) is 0 Å². The number of hydrogen-bond donors (Lipinski definition) is 1. The van der Waals surface area contributed by atoms with Crippen molar-refractivity contribution in [1.29, 1.82) is 0 Å². The van der Waals surface area contributed by atoms with Gasteiger partial charge in [-0.05, 0) is 24.8 Å². The molecule has 4 heteroatoms. The summed E-state index contributed by atoms with van der Waals surface area (Å²) in [6.07, 6.45) is 2.92. The van der Waals surface area contributed by atoms with Crippen molar-refractivity contribution >= 4 is 18.3 Å². The van der Waals surface area contributed by atoms with Crippen LogP contribution < -0.4 is 5.73 Å². The third-order valence-corrected chi connectivity index (χ3v) is 4.00. The summed E-state index contributed by atoms with van der Waals surface area (Å²) in [5.74, 6) is 0.289. The minimum absolute atomic E-state index is 0. The van der Waals surface area contributed by atoms with Gasteiger partial charge in [-0.1, -0.05) is 30.3 Å². The molecule has 1 saturated carbocycles. The summed E-state index contributed by atoms with van der Waals surface area (Å²) in [6, 6.07) is 10.3. The van der Waals surface area contributed by atoms with Gasteiger partial charge in [0, 0.05) is 19.1 Å². The molecular formula is C14H19ClN2O. The lowest BCUT2D eigenvalue weighted by Crippen LogP contribution is -2.39. The first-order chi connectivity index (χ1) is 8.22. The number of halogens is 1. The van der Waals surface area contributed by atoms with Crippen molar-refractivity contribution in [2.75, 3.05) is 13.1 Å². The third kappa shape index (κ3) is 2.13. The highest BCUT2D eigenvalue weighted by atomic mass is 35.5. The van der Waals surface area contributed by atoms with Gasteiger partial charge in [-0.25, -0.2) is 0 Å². The molecule has 18 heavy (non-hydrogen) atoms. The Hall–Kier alpha value is -1.06. The number of nitrogens with zero attached hydrogens (tertiary/aromatic N) is 1. The van der Waals surface area contributed by atoms with Crippen LogP contribution in [0.3, 0.4) is 0 Å². The van der Waals surface area contributed by atoms with E-state index in [2.05, 4.69) is 12.1 Å². The van der Waals surface area contributed by atoms with Gasteiger partial charge in [0.25, 0.3) is 0 Å². The second-order valence-corrected chi connectivity index (χ2v) is 5.25. The van der Waals surface area contributed by atoms with E-state index in [1.807, 2.05) is 23.1 Å². The lowest BCUT2D eigenvalue weighted by atomic mass is 9.94. The van der Waals surface area contributed by atoms with Gasteiger partial charge in [0.2, 0.25) is 5.91 Å². The van der Waals surface area contributed by atoms with Crippen LogP contribution in [0.2, 0.25) is 0 Å². The Morgan fingerprint density at radius 1 is 1.28 bits per heavy atom. The highest BCUT2D eigenvalue weighted by Gasteiger charge is 2.53. The molecule has 1 atom stereocenters. The molecular weight excluding hydrogens is 248 g/mol. The van der Waals surface area contributed by atoms with Gasteiger partial charge in [0.05, 0.1) is 5.41 Å². The molecule has 1 heterocycles. The average Bonchev–Trinajstić information content (AvgIpc) is 3.07. The Balaban J connectivity index is 0.00000120. The summed E-state index contributed by atoms with van der Waals surface area (Å²) in [6.45, 7) is 1.56. The maximum Gasteiger partial charge on any atom is 0.233 e. The van der Waals surface area contributed by atoms with Crippen LogP contribution in [0, 0.1) is 0 Å².